The van der Waals surface area contributed by atoms with E-state index in [2.05, 4.69) is 48.2 Å². The van der Waals surface area contributed by atoms with Gasteiger partial charge in [-0.25, -0.2) is 0 Å². The number of aliphatic hydroxyl groups is 2. The third-order valence-electron chi connectivity index (χ3n) is 4.45. The largest absolute Gasteiger partial charge is 0.395 e. The van der Waals surface area contributed by atoms with Gasteiger partial charge >= 0.3 is 0 Å². The van der Waals surface area contributed by atoms with Crippen LogP contribution in [0.5, 0.6) is 0 Å². The lowest BCUT2D eigenvalue weighted by Gasteiger charge is -2.22. The summed E-state index contributed by atoms with van der Waals surface area (Å²) >= 11 is 3.09. The van der Waals surface area contributed by atoms with E-state index >= 15 is 0 Å². The Morgan fingerprint density at radius 2 is 1.75 bits per heavy atom. The molecule has 2 N–H and O–H groups in total. The highest BCUT2D eigenvalue weighted by molar-refractivity contribution is 7.16. The predicted molar refractivity (Wildman–Crippen MR) is 119 cm³/mol. The number of hydrogen-bond donors (Lipinski definition) is 2. The molecule has 2 heterocycles. The number of anilines is 1. The summed E-state index contributed by atoms with van der Waals surface area (Å²) in [4.78, 5) is 17.0. The van der Waals surface area contributed by atoms with Crippen LogP contribution in [0, 0.1) is 0 Å². The first-order chi connectivity index (χ1) is 13.7. The number of hydrogen-bond acceptors (Lipinski definition) is 6. The fraction of sp³-hybridized carbons (Fsp3) is 0.227. The zero-order valence-electron chi connectivity index (χ0n) is 15.7. The first kappa shape index (κ1) is 20.5. The van der Waals surface area contributed by atoms with Gasteiger partial charge in [-0.1, -0.05) is 12.1 Å². The highest BCUT2D eigenvalue weighted by Crippen LogP contribution is 2.31. The Bertz CT molecular complexity index is 941. The minimum absolute atomic E-state index is 0.120. The molecule has 3 aromatic rings. The molecule has 0 saturated heterocycles. The van der Waals surface area contributed by atoms with Crippen molar-refractivity contribution in [2.45, 2.75) is 13.5 Å². The van der Waals surface area contributed by atoms with Gasteiger partial charge in [0, 0.05) is 33.4 Å². The second-order valence-electron chi connectivity index (χ2n) is 6.20. The van der Waals surface area contributed by atoms with Gasteiger partial charge in [0.25, 0.3) is 0 Å². The predicted octanol–water partition coefficient (Wildman–Crippen LogP) is 4.77. The summed E-state index contributed by atoms with van der Waals surface area (Å²) in [5.41, 5.74) is 2.95. The van der Waals surface area contributed by atoms with E-state index in [1.54, 1.807) is 11.3 Å². The van der Waals surface area contributed by atoms with E-state index in [1.165, 1.54) is 16.2 Å². The van der Waals surface area contributed by atoms with Crippen molar-refractivity contribution in [2.75, 3.05) is 24.6 Å². The van der Waals surface area contributed by atoms with Gasteiger partial charge in [-0.2, -0.15) is 0 Å². The Balaban J connectivity index is 1.73. The monoisotopic (exact) mass is 413 g/mol. The first-order valence-corrected chi connectivity index (χ1v) is 10.7. The van der Waals surface area contributed by atoms with Gasteiger partial charge in [0.1, 0.15) is 0 Å². The van der Waals surface area contributed by atoms with Crippen molar-refractivity contribution in [3.05, 3.63) is 62.7 Å². The normalized spacial score (nSPS) is 11.2. The van der Waals surface area contributed by atoms with Gasteiger partial charge < -0.3 is 15.1 Å². The number of carbonyl (C=O) groups is 1. The number of likely N-dealkylation sites (N-methyl/N-ethyl adjacent to an activating group) is 1. The molecular formula is C22H23NO3S2. The van der Waals surface area contributed by atoms with Crippen LogP contribution in [0.2, 0.25) is 0 Å². The van der Waals surface area contributed by atoms with Crippen LogP contribution in [0.4, 0.5) is 5.69 Å². The highest BCUT2D eigenvalue weighted by atomic mass is 32.1. The maximum Gasteiger partial charge on any atom is 0.160 e. The molecule has 4 nitrogen and oxygen atoms in total. The summed E-state index contributed by atoms with van der Waals surface area (Å²) < 4.78 is 0. The second-order valence-corrected chi connectivity index (χ2v) is 8.43. The topological polar surface area (TPSA) is 60.8 Å². The van der Waals surface area contributed by atoms with E-state index in [0.29, 0.717) is 17.0 Å². The zero-order chi connectivity index (χ0) is 19.9. The van der Waals surface area contributed by atoms with Crippen LogP contribution in [-0.2, 0) is 6.61 Å². The van der Waals surface area contributed by atoms with E-state index < -0.39 is 0 Å². The van der Waals surface area contributed by atoms with Gasteiger partial charge in [0.15, 0.2) is 6.29 Å². The molecule has 0 unspecified atom stereocenters. The SMILES string of the molecule is CCN(CCO)c1ccc(-c2ccc(/C=C/c3cc(CO)c(C=O)s3)s2)cc1. The molecule has 0 amide bonds. The lowest BCUT2D eigenvalue weighted by atomic mass is 10.1. The minimum atomic E-state index is -0.120. The molecule has 0 radical (unpaired) electrons. The molecular weight excluding hydrogens is 390 g/mol. The van der Waals surface area contributed by atoms with Gasteiger partial charge in [0.05, 0.1) is 18.1 Å². The lowest BCUT2D eigenvalue weighted by molar-refractivity contribution is 0.112. The fourth-order valence-electron chi connectivity index (χ4n) is 2.96. The van der Waals surface area contributed by atoms with Crippen molar-refractivity contribution in [3.63, 3.8) is 0 Å². The third-order valence-corrected chi connectivity index (χ3v) is 6.61. The number of benzene rings is 1. The fourth-order valence-corrected chi connectivity index (χ4v) is 4.77. The van der Waals surface area contributed by atoms with Crippen molar-refractivity contribution < 1.29 is 15.0 Å². The molecule has 28 heavy (non-hydrogen) atoms. The Labute approximate surface area is 173 Å². The van der Waals surface area contributed by atoms with Crippen LogP contribution in [0.1, 0.15) is 31.9 Å². The van der Waals surface area contributed by atoms with E-state index in [9.17, 15) is 9.90 Å². The number of rotatable bonds is 9. The molecule has 0 spiro atoms. The van der Waals surface area contributed by atoms with E-state index in [4.69, 9.17) is 5.11 Å². The lowest BCUT2D eigenvalue weighted by Crippen LogP contribution is -2.25. The zero-order valence-corrected chi connectivity index (χ0v) is 17.3. The Morgan fingerprint density at radius 3 is 2.36 bits per heavy atom. The number of carbonyl (C=O) groups excluding carboxylic acids is 1. The average Bonchev–Trinajstić information content (AvgIpc) is 3.37. The summed E-state index contributed by atoms with van der Waals surface area (Å²) in [5.74, 6) is 0. The summed E-state index contributed by atoms with van der Waals surface area (Å²) in [7, 11) is 0. The number of nitrogens with zero attached hydrogens (tertiary/aromatic N) is 1. The van der Waals surface area contributed by atoms with Crippen molar-refractivity contribution >= 4 is 46.8 Å². The molecule has 0 atom stereocenters. The number of aldehydes is 1. The molecule has 0 aliphatic heterocycles. The molecule has 0 fully saturated rings. The van der Waals surface area contributed by atoms with Crippen LogP contribution in [0.3, 0.4) is 0 Å². The molecule has 1 aromatic carbocycles. The molecule has 6 heteroatoms. The minimum Gasteiger partial charge on any atom is -0.395 e. The molecule has 0 saturated carbocycles. The van der Waals surface area contributed by atoms with Crippen LogP contribution >= 0.6 is 22.7 Å². The Kier molecular flexibility index (Phi) is 7.17. The average molecular weight is 414 g/mol. The Morgan fingerprint density at radius 1 is 1.00 bits per heavy atom. The highest BCUT2D eigenvalue weighted by Gasteiger charge is 2.07. The van der Waals surface area contributed by atoms with Crippen LogP contribution in [-0.4, -0.2) is 36.2 Å². The summed E-state index contributed by atoms with van der Waals surface area (Å²) in [5, 5.41) is 18.5. The maximum absolute atomic E-state index is 11.0. The van der Waals surface area contributed by atoms with Crippen molar-refractivity contribution in [2.24, 2.45) is 0 Å². The summed E-state index contributed by atoms with van der Waals surface area (Å²) in [6.45, 7) is 3.60. The molecule has 146 valence electrons. The van der Waals surface area contributed by atoms with Crippen molar-refractivity contribution in [1.82, 2.24) is 0 Å². The van der Waals surface area contributed by atoms with Crippen molar-refractivity contribution in [3.8, 4) is 10.4 Å². The molecule has 2 aromatic heterocycles. The van der Waals surface area contributed by atoms with Gasteiger partial charge in [-0.3, -0.25) is 4.79 Å². The number of aliphatic hydroxyl groups excluding tert-OH is 2. The van der Waals surface area contributed by atoms with E-state index in [1.807, 2.05) is 18.2 Å². The van der Waals surface area contributed by atoms with Crippen LogP contribution in [0.25, 0.3) is 22.6 Å². The maximum atomic E-state index is 11.0. The number of thiophene rings is 2. The van der Waals surface area contributed by atoms with Gasteiger partial charge in [0.2, 0.25) is 0 Å². The van der Waals surface area contributed by atoms with E-state index in [0.717, 1.165) is 33.8 Å². The summed E-state index contributed by atoms with van der Waals surface area (Å²) in [6.07, 6.45) is 4.80. The van der Waals surface area contributed by atoms with Crippen molar-refractivity contribution in [1.29, 1.82) is 0 Å². The molecule has 0 aliphatic carbocycles. The Hall–Kier alpha value is -2.25. The molecule has 3 rings (SSSR count). The van der Waals surface area contributed by atoms with Crippen LogP contribution < -0.4 is 4.90 Å². The second kappa shape index (κ2) is 9.80. The smallest absolute Gasteiger partial charge is 0.160 e. The quantitative estimate of drug-likeness (QED) is 0.496. The molecule has 0 bridgehead atoms. The first-order valence-electron chi connectivity index (χ1n) is 9.11. The van der Waals surface area contributed by atoms with E-state index in [-0.39, 0.29) is 13.2 Å². The third kappa shape index (κ3) is 4.77. The standard InChI is InChI=1S/C22H23NO3S2/c1-2-23(11-12-24)18-5-3-16(4-6-18)21-10-9-19(27-21)7-8-20-13-17(14-25)22(15-26)28-20/h3-10,13,15,24-25H,2,11-12,14H2,1H3/b8-7+. The van der Waals surface area contributed by atoms with Crippen LogP contribution in [0.15, 0.2) is 42.5 Å². The van der Waals surface area contributed by atoms with Gasteiger partial charge in [-0.05, 0) is 60.5 Å². The summed E-state index contributed by atoms with van der Waals surface area (Å²) in [6, 6.07) is 14.4. The molecule has 0 aliphatic rings. The van der Waals surface area contributed by atoms with Gasteiger partial charge in [-0.15, -0.1) is 22.7 Å².